The minimum atomic E-state index is 0.382. The third-order valence-electron chi connectivity index (χ3n) is 4.75. The van der Waals surface area contributed by atoms with Crippen molar-refractivity contribution in [2.45, 2.75) is 49.8 Å². The van der Waals surface area contributed by atoms with Crippen LogP contribution in [0.3, 0.4) is 0 Å². The molecule has 2 rings (SSSR count). The smallest absolute Gasteiger partial charge is 0.190 e. The molecule has 1 aliphatic rings. The van der Waals surface area contributed by atoms with Crippen molar-refractivity contribution < 1.29 is 4.74 Å². The minimum Gasteiger partial charge on any atom is -0.382 e. The molecule has 5 nitrogen and oxygen atoms in total. The number of guanidine groups is 1. The van der Waals surface area contributed by atoms with E-state index < -0.39 is 0 Å². The van der Waals surface area contributed by atoms with Crippen LogP contribution in [0.15, 0.2) is 20.9 Å². The van der Waals surface area contributed by atoms with Crippen molar-refractivity contribution in [3.8, 4) is 0 Å². The SMILES string of the molecule is CCOCCC1(CNC(=NC)NCCCSc2nccs2)CCCC1. The summed E-state index contributed by atoms with van der Waals surface area (Å²) < 4.78 is 6.75. The van der Waals surface area contributed by atoms with E-state index in [2.05, 4.69) is 27.5 Å². The zero-order chi connectivity index (χ0) is 17.8. The van der Waals surface area contributed by atoms with E-state index in [0.717, 1.165) is 55.2 Å². The normalized spacial score (nSPS) is 17.0. The molecular weight excluding hydrogens is 352 g/mol. The highest BCUT2D eigenvalue weighted by molar-refractivity contribution is 8.00. The maximum atomic E-state index is 5.60. The van der Waals surface area contributed by atoms with E-state index in [4.69, 9.17) is 4.74 Å². The lowest BCUT2D eigenvalue weighted by Gasteiger charge is -2.30. The summed E-state index contributed by atoms with van der Waals surface area (Å²) in [4.78, 5) is 8.66. The molecule has 0 saturated heterocycles. The summed E-state index contributed by atoms with van der Waals surface area (Å²) in [6, 6.07) is 0. The lowest BCUT2D eigenvalue weighted by atomic mass is 9.83. The maximum absolute atomic E-state index is 5.60. The predicted octanol–water partition coefficient (Wildman–Crippen LogP) is 3.78. The number of thioether (sulfide) groups is 1. The van der Waals surface area contributed by atoms with Crippen molar-refractivity contribution in [3.63, 3.8) is 0 Å². The van der Waals surface area contributed by atoms with E-state index in [1.54, 1.807) is 11.3 Å². The Bertz CT molecular complexity index is 487. The highest BCUT2D eigenvalue weighted by Crippen LogP contribution is 2.40. The number of hydrogen-bond donors (Lipinski definition) is 2. The van der Waals surface area contributed by atoms with Gasteiger partial charge in [0, 0.05) is 50.7 Å². The molecule has 2 N–H and O–H groups in total. The molecule has 1 aromatic rings. The van der Waals surface area contributed by atoms with Crippen molar-refractivity contribution in [1.29, 1.82) is 0 Å². The van der Waals surface area contributed by atoms with E-state index in [0.29, 0.717) is 5.41 Å². The number of aliphatic imine (C=N–C) groups is 1. The van der Waals surface area contributed by atoms with Gasteiger partial charge in [0.15, 0.2) is 5.96 Å². The van der Waals surface area contributed by atoms with Crippen LogP contribution in [-0.4, -0.2) is 50.0 Å². The summed E-state index contributed by atoms with van der Waals surface area (Å²) in [5.74, 6) is 2.00. The second-order valence-electron chi connectivity index (χ2n) is 6.51. The largest absolute Gasteiger partial charge is 0.382 e. The molecule has 142 valence electrons. The molecule has 0 spiro atoms. The Kier molecular flexibility index (Phi) is 9.65. The van der Waals surface area contributed by atoms with Gasteiger partial charge >= 0.3 is 0 Å². The Hall–Kier alpha value is -0.790. The number of rotatable bonds is 11. The minimum absolute atomic E-state index is 0.382. The summed E-state index contributed by atoms with van der Waals surface area (Å²) in [6.07, 6.45) is 9.39. The molecule has 0 radical (unpaired) electrons. The van der Waals surface area contributed by atoms with Gasteiger partial charge in [-0.15, -0.1) is 11.3 Å². The van der Waals surface area contributed by atoms with Crippen molar-refractivity contribution in [1.82, 2.24) is 15.6 Å². The van der Waals surface area contributed by atoms with Gasteiger partial charge in [-0.05, 0) is 38.0 Å². The van der Waals surface area contributed by atoms with Crippen molar-refractivity contribution in [3.05, 3.63) is 11.6 Å². The number of nitrogens with zero attached hydrogens (tertiary/aromatic N) is 2. The Labute approximate surface area is 160 Å². The standard InChI is InChI=1S/C18H32N4OS2/c1-3-23-12-9-18(7-4-5-8-18)15-22-16(19-2)20-10-6-13-24-17-21-11-14-25-17/h11,14H,3-10,12-13,15H2,1-2H3,(H2,19,20,22). The average Bonchev–Trinajstić information content (AvgIpc) is 3.30. The fraction of sp³-hybridized carbons (Fsp3) is 0.778. The third-order valence-corrected chi connectivity index (χ3v) is 6.80. The molecule has 25 heavy (non-hydrogen) atoms. The van der Waals surface area contributed by atoms with Gasteiger partial charge < -0.3 is 15.4 Å². The zero-order valence-electron chi connectivity index (χ0n) is 15.6. The highest BCUT2D eigenvalue weighted by Gasteiger charge is 2.33. The van der Waals surface area contributed by atoms with Crippen molar-refractivity contribution in [2.75, 3.05) is 39.1 Å². The van der Waals surface area contributed by atoms with Crippen LogP contribution in [0, 0.1) is 5.41 Å². The first-order valence-electron chi connectivity index (χ1n) is 9.32. The first-order chi connectivity index (χ1) is 12.3. The summed E-state index contributed by atoms with van der Waals surface area (Å²) >= 11 is 3.53. The van der Waals surface area contributed by atoms with Gasteiger partial charge in [0.2, 0.25) is 0 Å². The van der Waals surface area contributed by atoms with Gasteiger partial charge in [0.25, 0.3) is 0 Å². The van der Waals surface area contributed by atoms with E-state index in [-0.39, 0.29) is 0 Å². The fourth-order valence-corrected chi connectivity index (χ4v) is 4.93. The van der Waals surface area contributed by atoms with Crippen LogP contribution < -0.4 is 10.6 Å². The molecule has 0 unspecified atom stereocenters. The van der Waals surface area contributed by atoms with Crippen LogP contribution in [-0.2, 0) is 4.74 Å². The van der Waals surface area contributed by atoms with Crippen LogP contribution in [0.25, 0.3) is 0 Å². The van der Waals surface area contributed by atoms with Crippen LogP contribution in [0.4, 0.5) is 0 Å². The number of thiazole rings is 1. The van der Waals surface area contributed by atoms with Crippen LogP contribution >= 0.6 is 23.1 Å². The Morgan fingerprint density at radius 3 is 2.92 bits per heavy atom. The van der Waals surface area contributed by atoms with Gasteiger partial charge in [0.1, 0.15) is 4.34 Å². The molecule has 1 aromatic heterocycles. The molecule has 0 aromatic carbocycles. The quantitative estimate of drug-likeness (QED) is 0.263. The first-order valence-corrected chi connectivity index (χ1v) is 11.2. The Balaban J connectivity index is 1.64. The molecule has 0 amide bonds. The second kappa shape index (κ2) is 11.8. The molecule has 7 heteroatoms. The van der Waals surface area contributed by atoms with Gasteiger partial charge in [-0.2, -0.15) is 0 Å². The molecule has 0 atom stereocenters. The zero-order valence-corrected chi connectivity index (χ0v) is 17.2. The molecule has 0 bridgehead atoms. The van der Waals surface area contributed by atoms with E-state index in [1.807, 2.05) is 30.4 Å². The number of hydrogen-bond acceptors (Lipinski definition) is 5. The monoisotopic (exact) mass is 384 g/mol. The maximum Gasteiger partial charge on any atom is 0.190 e. The third kappa shape index (κ3) is 7.54. The van der Waals surface area contributed by atoms with E-state index in [9.17, 15) is 0 Å². The van der Waals surface area contributed by atoms with Crippen molar-refractivity contribution in [2.24, 2.45) is 10.4 Å². The van der Waals surface area contributed by atoms with Crippen LogP contribution in [0.5, 0.6) is 0 Å². The van der Waals surface area contributed by atoms with Gasteiger partial charge in [-0.25, -0.2) is 4.98 Å². The Morgan fingerprint density at radius 2 is 2.24 bits per heavy atom. The average molecular weight is 385 g/mol. The van der Waals surface area contributed by atoms with Gasteiger partial charge in [0.05, 0.1) is 0 Å². The summed E-state index contributed by atoms with van der Waals surface area (Å²) in [6.45, 7) is 5.68. The van der Waals surface area contributed by atoms with E-state index >= 15 is 0 Å². The van der Waals surface area contributed by atoms with Crippen molar-refractivity contribution >= 4 is 29.1 Å². The predicted molar refractivity (Wildman–Crippen MR) is 109 cm³/mol. The van der Waals surface area contributed by atoms with E-state index in [1.165, 1.54) is 25.7 Å². The number of nitrogens with one attached hydrogen (secondary N) is 2. The fourth-order valence-electron chi connectivity index (χ4n) is 3.29. The Morgan fingerprint density at radius 1 is 1.40 bits per heavy atom. The highest BCUT2D eigenvalue weighted by atomic mass is 32.2. The molecule has 1 aliphatic carbocycles. The van der Waals surface area contributed by atoms with Crippen LogP contribution in [0.2, 0.25) is 0 Å². The molecule has 1 heterocycles. The second-order valence-corrected chi connectivity index (χ2v) is 8.74. The number of aromatic nitrogens is 1. The number of ether oxygens (including phenoxy) is 1. The molecule has 1 fully saturated rings. The molecule has 1 saturated carbocycles. The van der Waals surface area contributed by atoms with Gasteiger partial charge in [-0.3, -0.25) is 4.99 Å². The summed E-state index contributed by atoms with van der Waals surface area (Å²) in [5, 5.41) is 9.01. The van der Waals surface area contributed by atoms with Crippen LogP contribution in [0.1, 0.15) is 45.4 Å². The summed E-state index contributed by atoms with van der Waals surface area (Å²) in [5.41, 5.74) is 0.382. The summed E-state index contributed by atoms with van der Waals surface area (Å²) in [7, 11) is 1.85. The molecule has 0 aliphatic heterocycles. The lowest BCUT2D eigenvalue weighted by Crippen LogP contribution is -2.43. The van der Waals surface area contributed by atoms with Gasteiger partial charge in [-0.1, -0.05) is 24.6 Å². The molecular formula is C18H32N4OS2. The lowest BCUT2D eigenvalue weighted by molar-refractivity contribution is 0.105. The first kappa shape index (κ1) is 20.5. The topological polar surface area (TPSA) is 58.5 Å².